The number of nitrogens with zero attached hydrogens (tertiary/aromatic N) is 3. The Bertz CT molecular complexity index is 962. The first kappa shape index (κ1) is 24.1. The lowest BCUT2D eigenvalue weighted by molar-refractivity contribution is 0.00582. The van der Waals surface area contributed by atoms with E-state index in [-0.39, 0.29) is 17.9 Å². The number of hydrogen-bond acceptors (Lipinski definition) is 8. The number of carbonyl (C=O) groups is 1. The third-order valence-corrected chi connectivity index (χ3v) is 6.77. The highest BCUT2D eigenvalue weighted by molar-refractivity contribution is 5.70. The molecule has 186 valence electrons. The Morgan fingerprint density at radius 1 is 1.15 bits per heavy atom. The Morgan fingerprint density at radius 2 is 1.85 bits per heavy atom. The second-order valence-corrected chi connectivity index (χ2v) is 10.3. The third kappa shape index (κ3) is 5.35. The summed E-state index contributed by atoms with van der Waals surface area (Å²) < 4.78 is 5.53. The Hall–Kier alpha value is -3.07. The van der Waals surface area contributed by atoms with E-state index in [1.54, 1.807) is 18.2 Å². The number of rotatable bonds is 3. The number of amides is 1. The van der Waals surface area contributed by atoms with E-state index < -0.39 is 5.60 Å². The standard InChI is InChI=1S/C25H38N6O3/c1-25(2,3)34-24(33)29-10-8-17(9-11-29)30-12-13-31-18(16-30)15-28-23(27)21(31)14-20(26)19-6-4-5-7-22(19)32/h4-7,14,17-18,28,32H,8-13,15-16,26-27H2,1-3H3/b20-14-. The number of para-hydroxylation sites is 1. The van der Waals surface area contributed by atoms with Gasteiger partial charge in [-0.3, -0.25) is 4.90 Å². The molecule has 1 aromatic carbocycles. The van der Waals surface area contributed by atoms with E-state index in [4.69, 9.17) is 16.2 Å². The van der Waals surface area contributed by atoms with Gasteiger partial charge < -0.3 is 36.4 Å². The van der Waals surface area contributed by atoms with Crippen LogP contribution < -0.4 is 16.8 Å². The predicted molar refractivity (Wildman–Crippen MR) is 132 cm³/mol. The lowest BCUT2D eigenvalue weighted by Crippen LogP contribution is -2.62. The highest BCUT2D eigenvalue weighted by Crippen LogP contribution is 2.28. The molecule has 0 aromatic heterocycles. The first-order chi connectivity index (χ1) is 16.1. The van der Waals surface area contributed by atoms with Crippen molar-refractivity contribution in [2.75, 3.05) is 39.3 Å². The molecule has 2 fully saturated rings. The van der Waals surface area contributed by atoms with Crippen LogP contribution in [0.25, 0.3) is 5.70 Å². The van der Waals surface area contributed by atoms with Gasteiger partial charge in [0.2, 0.25) is 0 Å². The molecular formula is C25H38N6O3. The number of phenols is 1. The number of nitrogens with two attached hydrogens (primary N) is 2. The highest BCUT2D eigenvalue weighted by Gasteiger charge is 2.36. The van der Waals surface area contributed by atoms with Crippen LogP contribution >= 0.6 is 0 Å². The van der Waals surface area contributed by atoms with Crippen molar-refractivity contribution in [3.05, 3.63) is 47.4 Å². The summed E-state index contributed by atoms with van der Waals surface area (Å²) in [7, 11) is 0. The van der Waals surface area contributed by atoms with Crippen molar-refractivity contribution in [1.29, 1.82) is 0 Å². The van der Waals surface area contributed by atoms with Gasteiger partial charge in [-0.1, -0.05) is 12.1 Å². The maximum Gasteiger partial charge on any atom is 0.410 e. The number of hydrogen-bond donors (Lipinski definition) is 4. The molecule has 6 N–H and O–H groups in total. The summed E-state index contributed by atoms with van der Waals surface area (Å²) in [4.78, 5) is 19.1. The Labute approximate surface area is 202 Å². The molecule has 1 unspecified atom stereocenters. The van der Waals surface area contributed by atoms with Crippen LogP contribution in [-0.2, 0) is 4.74 Å². The minimum Gasteiger partial charge on any atom is -0.507 e. The molecule has 3 aliphatic rings. The highest BCUT2D eigenvalue weighted by atomic mass is 16.6. The van der Waals surface area contributed by atoms with Crippen LogP contribution in [0.2, 0.25) is 0 Å². The molecule has 1 atom stereocenters. The van der Waals surface area contributed by atoms with Crippen LogP contribution in [-0.4, -0.2) is 82.9 Å². The lowest BCUT2D eigenvalue weighted by atomic mass is 9.99. The van der Waals surface area contributed by atoms with Crippen LogP contribution in [0.3, 0.4) is 0 Å². The van der Waals surface area contributed by atoms with E-state index in [0.717, 1.165) is 57.8 Å². The summed E-state index contributed by atoms with van der Waals surface area (Å²) in [5.41, 5.74) is 14.1. The van der Waals surface area contributed by atoms with Crippen molar-refractivity contribution in [2.45, 2.75) is 51.3 Å². The molecule has 0 aliphatic carbocycles. The minimum absolute atomic E-state index is 0.151. The van der Waals surface area contributed by atoms with Crippen molar-refractivity contribution in [3.8, 4) is 5.75 Å². The number of nitrogens with one attached hydrogen (secondary N) is 1. The van der Waals surface area contributed by atoms with Gasteiger partial charge in [0.15, 0.2) is 0 Å². The molecule has 2 saturated heterocycles. The summed E-state index contributed by atoms with van der Waals surface area (Å²) >= 11 is 0. The van der Waals surface area contributed by atoms with Crippen LogP contribution in [0.4, 0.5) is 4.79 Å². The number of ether oxygens (including phenoxy) is 1. The molecule has 9 heteroatoms. The molecule has 4 rings (SSSR count). The van der Waals surface area contributed by atoms with Crippen molar-refractivity contribution in [3.63, 3.8) is 0 Å². The Balaban J connectivity index is 1.38. The van der Waals surface area contributed by atoms with Crippen molar-refractivity contribution < 1.29 is 14.6 Å². The van der Waals surface area contributed by atoms with Gasteiger partial charge >= 0.3 is 6.09 Å². The molecule has 3 aliphatic heterocycles. The number of allylic oxidation sites excluding steroid dienone is 1. The summed E-state index contributed by atoms with van der Waals surface area (Å²) in [6.45, 7) is 10.6. The zero-order chi connectivity index (χ0) is 24.5. The van der Waals surface area contributed by atoms with Crippen LogP contribution in [0.1, 0.15) is 39.2 Å². The average Bonchev–Trinajstić information content (AvgIpc) is 2.80. The third-order valence-electron chi connectivity index (χ3n) is 6.77. The Kier molecular flexibility index (Phi) is 6.84. The minimum atomic E-state index is -0.470. The van der Waals surface area contributed by atoms with E-state index in [2.05, 4.69) is 15.1 Å². The predicted octanol–water partition coefficient (Wildman–Crippen LogP) is 1.81. The van der Waals surface area contributed by atoms with Gasteiger partial charge in [-0.15, -0.1) is 0 Å². The largest absolute Gasteiger partial charge is 0.507 e. The molecule has 1 amide bonds. The number of piperidine rings is 1. The molecule has 3 heterocycles. The van der Waals surface area contributed by atoms with Gasteiger partial charge in [-0.05, 0) is 51.8 Å². The fourth-order valence-electron chi connectivity index (χ4n) is 5.02. The van der Waals surface area contributed by atoms with Gasteiger partial charge in [-0.25, -0.2) is 4.79 Å². The van der Waals surface area contributed by atoms with Gasteiger partial charge in [-0.2, -0.15) is 0 Å². The van der Waals surface area contributed by atoms with E-state index in [0.29, 0.717) is 23.1 Å². The maximum absolute atomic E-state index is 12.4. The molecule has 0 spiro atoms. The molecule has 0 bridgehead atoms. The molecule has 0 radical (unpaired) electrons. The SMILES string of the molecule is CC(C)(C)OC(=O)N1CCC(N2CCN3C(/C=C(\N)c4ccccc4O)=C(N)NCC3C2)CC1. The van der Waals surface area contributed by atoms with E-state index in [1.807, 2.05) is 37.8 Å². The Morgan fingerprint density at radius 3 is 2.53 bits per heavy atom. The molecule has 9 nitrogen and oxygen atoms in total. The number of fused-ring (bicyclic) bond motifs is 1. The molecule has 0 saturated carbocycles. The van der Waals surface area contributed by atoms with Crippen LogP contribution in [0.15, 0.2) is 41.9 Å². The second kappa shape index (κ2) is 9.66. The number of aromatic hydroxyl groups is 1. The number of likely N-dealkylation sites (tertiary alicyclic amines) is 1. The second-order valence-electron chi connectivity index (χ2n) is 10.3. The number of benzene rings is 1. The number of piperazine rings is 1. The number of carbonyl (C=O) groups excluding carboxylic acids is 1. The topological polar surface area (TPSA) is 120 Å². The fraction of sp³-hybridized carbons (Fsp3) is 0.560. The zero-order valence-electron chi connectivity index (χ0n) is 20.5. The monoisotopic (exact) mass is 470 g/mol. The van der Waals surface area contributed by atoms with Crippen molar-refractivity contribution in [1.82, 2.24) is 20.0 Å². The quantitative estimate of drug-likeness (QED) is 0.528. The van der Waals surface area contributed by atoms with Crippen molar-refractivity contribution in [2.24, 2.45) is 11.5 Å². The summed E-state index contributed by atoms with van der Waals surface area (Å²) in [5.74, 6) is 0.757. The molecule has 34 heavy (non-hydrogen) atoms. The number of phenolic OH excluding ortho intramolecular Hbond substituents is 1. The maximum atomic E-state index is 12.4. The van der Waals surface area contributed by atoms with Crippen LogP contribution in [0, 0.1) is 0 Å². The van der Waals surface area contributed by atoms with Gasteiger partial charge in [0.05, 0.1) is 11.7 Å². The zero-order valence-corrected chi connectivity index (χ0v) is 20.5. The van der Waals surface area contributed by atoms with Crippen LogP contribution in [0.5, 0.6) is 5.75 Å². The summed E-state index contributed by atoms with van der Waals surface area (Å²) in [5, 5.41) is 13.5. The van der Waals surface area contributed by atoms with Gasteiger partial charge in [0.1, 0.15) is 17.2 Å². The van der Waals surface area contributed by atoms with Gasteiger partial charge in [0.25, 0.3) is 0 Å². The summed E-state index contributed by atoms with van der Waals surface area (Å²) in [6.07, 6.45) is 3.54. The fourth-order valence-corrected chi connectivity index (χ4v) is 5.02. The smallest absolute Gasteiger partial charge is 0.410 e. The first-order valence-corrected chi connectivity index (χ1v) is 12.1. The average molecular weight is 471 g/mol. The molecule has 1 aromatic rings. The van der Waals surface area contributed by atoms with E-state index in [1.165, 1.54) is 0 Å². The van der Waals surface area contributed by atoms with E-state index >= 15 is 0 Å². The summed E-state index contributed by atoms with van der Waals surface area (Å²) in [6, 6.07) is 7.77. The van der Waals surface area contributed by atoms with Crippen molar-refractivity contribution >= 4 is 11.8 Å². The van der Waals surface area contributed by atoms with E-state index in [9.17, 15) is 9.90 Å². The normalized spacial score (nSPS) is 22.9. The lowest BCUT2D eigenvalue weighted by Gasteiger charge is -2.49. The molecular weight excluding hydrogens is 432 g/mol. The first-order valence-electron chi connectivity index (χ1n) is 12.1. The van der Waals surface area contributed by atoms with Gasteiger partial charge in [0, 0.05) is 56.6 Å².